The van der Waals surface area contributed by atoms with Gasteiger partial charge in [0.25, 0.3) is 0 Å². The van der Waals surface area contributed by atoms with Crippen molar-refractivity contribution in [1.82, 2.24) is 9.97 Å². The van der Waals surface area contributed by atoms with Gasteiger partial charge in [-0.05, 0) is 25.0 Å². The van der Waals surface area contributed by atoms with Gasteiger partial charge in [0, 0.05) is 17.1 Å². The second kappa shape index (κ2) is 6.30. The quantitative estimate of drug-likeness (QED) is 0.344. The van der Waals surface area contributed by atoms with E-state index < -0.39 is 0 Å². The third-order valence-corrected chi connectivity index (χ3v) is 6.37. The first-order valence-electron chi connectivity index (χ1n) is 7.80. The molecular weight excluding hydrogens is 360 g/mol. The van der Waals surface area contributed by atoms with Crippen molar-refractivity contribution in [1.29, 1.82) is 0 Å². The SMILES string of the molecule is CC1(C)Cc2c(sc3nc(SCc4ccccc4)nc(Cl)c23)CO1. The number of thioether (sulfide) groups is 1. The van der Waals surface area contributed by atoms with Crippen LogP contribution in [0.25, 0.3) is 10.2 Å². The first kappa shape index (κ1) is 16.3. The largest absolute Gasteiger partial charge is 0.370 e. The fourth-order valence-electron chi connectivity index (χ4n) is 2.87. The highest BCUT2D eigenvalue weighted by molar-refractivity contribution is 7.98. The molecule has 3 aromatic rings. The fraction of sp³-hybridized carbons (Fsp3) is 0.333. The van der Waals surface area contributed by atoms with Crippen LogP contribution in [0.15, 0.2) is 35.5 Å². The molecule has 1 aliphatic rings. The molecule has 2 aromatic heterocycles. The van der Waals surface area contributed by atoms with Crippen LogP contribution < -0.4 is 0 Å². The van der Waals surface area contributed by atoms with Crippen molar-refractivity contribution in [2.75, 3.05) is 0 Å². The molecule has 0 saturated carbocycles. The van der Waals surface area contributed by atoms with Crippen molar-refractivity contribution >= 4 is 44.9 Å². The van der Waals surface area contributed by atoms with Crippen LogP contribution in [0.2, 0.25) is 5.15 Å². The van der Waals surface area contributed by atoms with Crippen LogP contribution in [0.5, 0.6) is 0 Å². The normalized spacial score (nSPS) is 16.3. The molecular formula is C18H17ClN2OS2. The second-order valence-electron chi connectivity index (χ2n) is 6.48. The monoisotopic (exact) mass is 376 g/mol. The molecule has 3 nitrogen and oxygen atoms in total. The Kier molecular flexibility index (Phi) is 4.29. The minimum absolute atomic E-state index is 0.162. The molecule has 3 heterocycles. The minimum Gasteiger partial charge on any atom is -0.370 e. The van der Waals surface area contributed by atoms with Crippen LogP contribution >= 0.6 is 34.7 Å². The number of fused-ring (bicyclic) bond motifs is 3. The number of benzene rings is 1. The molecule has 4 rings (SSSR count). The number of ether oxygens (including phenoxy) is 1. The fourth-order valence-corrected chi connectivity index (χ4v) is 5.22. The van der Waals surface area contributed by atoms with Gasteiger partial charge in [-0.25, -0.2) is 9.97 Å². The molecule has 124 valence electrons. The number of halogens is 1. The number of rotatable bonds is 3. The van der Waals surface area contributed by atoms with Gasteiger partial charge >= 0.3 is 0 Å². The number of aromatic nitrogens is 2. The van der Waals surface area contributed by atoms with Gasteiger partial charge in [0.15, 0.2) is 5.16 Å². The van der Waals surface area contributed by atoms with Gasteiger partial charge in [-0.3, -0.25) is 0 Å². The molecule has 0 radical (unpaired) electrons. The Morgan fingerprint density at radius 3 is 2.83 bits per heavy atom. The molecule has 1 aliphatic heterocycles. The standard InChI is InChI=1S/C18H17ClN2OS2/c1-18(2)8-12-13(9-22-18)24-16-14(12)15(19)20-17(21-16)23-10-11-6-4-3-5-7-11/h3-7H,8-10H2,1-2H3. The Hall–Kier alpha value is -1.14. The van der Waals surface area contributed by atoms with E-state index in [-0.39, 0.29) is 5.60 Å². The van der Waals surface area contributed by atoms with Crippen molar-refractivity contribution < 1.29 is 4.74 Å². The van der Waals surface area contributed by atoms with Crippen molar-refractivity contribution in [3.63, 3.8) is 0 Å². The van der Waals surface area contributed by atoms with Gasteiger partial charge in [-0.2, -0.15) is 0 Å². The Balaban J connectivity index is 1.66. The van der Waals surface area contributed by atoms with Crippen LogP contribution in [-0.4, -0.2) is 15.6 Å². The van der Waals surface area contributed by atoms with E-state index >= 15 is 0 Å². The summed E-state index contributed by atoms with van der Waals surface area (Å²) in [7, 11) is 0. The maximum atomic E-state index is 6.52. The molecule has 0 bridgehead atoms. The van der Waals surface area contributed by atoms with E-state index in [0.717, 1.165) is 27.5 Å². The summed E-state index contributed by atoms with van der Waals surface area (Å²) in [5, 5.41) is 2.30. The van der Waals surface area contributed by atoms with Crippen LogP contribution in [0.1, 0.15) is 29.9 Å². The van der Waals surface area contributed by atoms with Crippen molar-refractivity contribution in [3.8, 4) is 0 Å². The van der Waals surface area contributed by atoms with Gasteiger partial charge in [0.1, 0.15) is 9.98 Å². The van der Waals surface area contributed by atoms with E-state index in [1.165, 1.54) is 16.0 Å². The Morgan fingerprint density at radius 2 is 2.04 bits per heavy atom. The van der Waals surface area contributed by atoms with Crippen molar-refractivity contribution in [2.24, 2.45) is 0 Å². The predicted octanol–water partition coefficient (Wildman–Crippen LogP) is 5.49. The average Bonchev–Trinajstić information content (AvgIpc) is 2.91. The summed E-state index contributed by atoms with van der Waals surface area (Å²) in [5.41, 5.74) is 2.35. The number of hydrogen-bond acceptors (Lipinski definition) is 5. The Bertz CT molecular complexity index is 893. The molecule has 0 fully saturated rings. The summed E-state index contributed by atoms with van der Waals surface area (Å²) in [6, 6.07) is 10.3. The van der Waals surface area contributed by atoms with E-state index in [9.17, 15) is 0 Å². The summed E-state index contributed by atoms with van der Waals surface area (Å²) < 4.78 is 5.91. The van der Waals surface area contributed by atoms with E-state index in [4.69, 9.17) is 21.3 Å². The lowest BCUT2D eigenvalue weighted by Gasteiger charge is -2.30. The molecule has 0 saturated heterocycles. The van der Waals surface area contributed by atoms with E-state index in [1.807, 2.05) is 18.2 Å². The average molecular weight is 377 g/mol. The Labute approximate surface area is 154 Å². The van der Waals surface area contributed by atoms with Gasteiger partial charge in [-0.1, -0.05) is 53.7 Å². The highest BCUT2D eigenvalue weighted by Crippen LogP contribution is 2.41. The predicted molar refractivity (Wildman–Crippen MR) is 101 cm³/mol. The molecule has 6 heteroatoms. The molecule has 1 aromatic carbocycles. The zero-order valence-corrected chi connectivity index (χ0v) is 15.9. The summed E-state index contributed by atoms with van der Waals surface area (Å²) in [6.07, 6.45) is 0.849. The van der Waals surface area contributed by atoms with E-state index in [0.29, 0.717) is 11.8 Å². The topological polar surface area (TPSA) is 35.0 Å². The van der Waals surface area contributed by atoms with Gasteiger partial charge in [0.2, 0.25) is 0 Å². The molecule has 24 heavy (non-hydrogen) atoms. The molecule has 0 aliphatic carbocycles. The van der Waals surface area contributed by atoms with E-state index in [2.05, 4.69) is 31.0 Å². The zero-order chi connectivity index (χ0) is 16.7. The summed E-state index contributed by atoms with van der Waals surface area (Å²) in [5.74, 6) is 0.837. The maximum absolute atomic E-state index is 6.52. The van der Waals surface area contributed by atoms with Gasteiger partial charge in [0.05, 0.1) is 17.6 Å². The molecule has 0 N–H and O–H groups in total. The van der Waals surface area contributed by atoms with Crippen LogP contribution in [0.3, 0.4) is 0 Å². The third kappa shape index (κ3) is 3.18. The van der Waals surface area contributed by atoms with Crippen molar-refractivity contribution in [2.45, 2.75) is 43.4 Å². The molecule has 0 spiro atoms. The highest BCUT2D eigenvalue weighted by Gasteiger charge is 2.30. The van der Waals surface area contributed by atoms with Gasteiger partial charge < -0.3 is 4.74 Å². The lowest BCUT2D eigenvalue weighted by molar-refractivity contribution is -0.0379. The highest BCUT2D eigenvalue weighted by atomic mass is 35.5. The zero-order valence-electron chi connectivity index (χ0n) is 13.5. The van der Waals surface area contributed by atoms with Gasteiger partial charge in [-0.15, -0.1) is 11.3 Å². The number of nitrogens with zero attached hydrogens (tertiary/aromatic N) is 2. The maximum Gasteiger partial charge on any atom is 0.190 e. The summed E-state index contributed by atoms with van der Waals surface area (Å²) in [4.78, 5) is 11.5. The lowest BCUT2D eigenvalue weighted by Crippen LogP contribution is -2.30. The number of thiophene rings is 1. The van der Waals surface area contributed by atoms with Crippen LogP contribution in [0.4, 0.5) is 0 Å². The van der Waals surface area contributed by atoms with Crippen LogP contribution in [0, 0.1) is 0 Å². The third-order valence-electron chi connectivity index (χ3n) is 4.08. The lowest BCUT2D eigenvalue weighted by atomic mass is 9.95. The van der Waals surface area contributed by atoms with Crippen LogP contribution in [-0.2, 0) is 23.5 Å². The second-order valence-corrected chi connectivity index (χ2v) is 8.86. The smallest absolute Gasteiger partial charge is 0.190 e. The molecule has 0 atom stereocenters. The molecule has 0 unspecified atom stereocenters. The summed E-state index contributed by atoms with van der Waals surface area (Å²) in [6.45, 7) is 4.85. The first-order valence-corrected chi connectivity index (χ1v) is 9.98. The molecule has 0 amide bonds. The minimum atomic E-state index is -0.162. The Morgan fingerprint density at radius 1 is 1.25 bits per heavy atom. The first-order chi connectivity index (χ1) is 11.5. The summed E-state index contributed by atoms with van der Waals surface area (Å²) >= 11 is 9.81. The number of hydrogen-bond donors (Lipinski definition) is 0. The van der Waals surface area contributed by atoms with Crippen molar-refractivity contribution in [3.05, 3.63) is 51.5 Å². The van der Waals surface area contributed by atoms with E-state index in [1.54, 1.807) is 23.1 Å².